The minimum atomic E-state index is -1.23. The van der Waals surface area contributed by atoms with Crippen molar-refractivity contribution in [3.05, 3.63) is 29.8 Å². The van der Waals surface area contributed by atoms with E-state index in [0.717, 1.165) is 0 Å². The molecule has 19 nitrogen and oxygen atoms in total. The Bertz CT molecular complexity index is 1770. The second-order valence-corrected chi connectivity index (χ2v) is 19.8. The molecule has 0 saturated carbocycles. The zero-order valence-electron chi connectivity index (χ0n) is 39.6. The highest BCUT2D eigenvalue weighted by atomic mass is 32.2. The zero-order valence-corrected chi connectivity index (χ0v) is 41.3. The second-order valence-electron chi connectivity index (χ2n) is 17.9. The largest absolute Gasteiger partial charge is 0.508 e. The van der Waals surface area contributed by atoms with E-state index in [-0.39, 0.29) is 43.9 Å². The number of hydrogen-bond donors (Lipinski definition) is 7. The number of nitrogens with zero attached hydrogens (tertiary/aromatic N) is 1. The highest BCUT2D eigenvalue weighted by Crippen LogP contribution is 2.20. The lowest BCUT2D eigenvalue weighted by atomic mass is 9.94. The van der Waals surface area contributed by atoms with Gasteiger partial charge in [0.2, 0.25) is 23.8 Å². The van der Waals surface area contributed by atoms with Gasteiger partial charge >= 0.3 is 18.2 Å². The Labute approximate surface area is 391 Å². The summed E-state index contributed by atoms with van der Waals surface area (Å²) < 4.78 is 15.6. The van der Waals surface area contributed by atoms with Gasteiger partial charge < -0.3 is 56.1 Å². The number of ether oxygens (including phenoxy) is 3. The monoisotopic (exact) mass is 953 g/mol. The first-order chi connectivity index (χ1) is 30.5. The molecule has 1 aliphatic heterocycles. The van der Waals surface area contributed by atoms with E-state index < -0.39 is 89.3 Å². The summed E-state index contributed by atoms with van der Waals surface area (Å²) in [6.07, 6.45) is 2.63. The van der Waals surface area contributed by atoms with Gasteiger partial charge in [-0.3, -0.25) is 19.2 Å². The summed E-state index contributed by atoms with van der Waals surface area (Å²) in [4.78, 5) is 98.7. The Kier molecular flexibility index (Phi) is 23.8. The van der Waals surface area contributed by atoms with Gasteiger partial charge in [-0.05, 0) is 121 Å². The number of unbranched alkanes of at least 4 members (excludes halogenated alkanes) is 1. The number of thioether (sulfide) groups is 2. The molecular formula is C44H71N7O12S2. The summed E-state index contributed by atoms with van der Waals surface area (Å²) in [5, 5.41) is 30.7. The molecule has 1 aromatic rings. The van der Waals surface area contributed by atoms with Gasteiger partial charge in [0.1, 0.15) is 41.1 Å². The number of nitrogens with one attached hydrogen (secondary N) is 6. The fourth-order valence-corrected chi connectivity index (χ4v) is 7.27. The molecule has 0 aromatic heterocycles. The highest BCUT2D eigenvalue weighted by molar-refractivity contribution is 7.98. The van der Waals surface area contributed by atoms with E-state index in [0.29, 0.717) is 42.0 Å². The number of alkyl carbamates (subject to hydrolysis) is 2. The third kappa shape index (κ3) is 21.7. The quantitative estimate of drug-likeness (QED) is 0.0416. The number of hydrogen-bond acceptors (Lipinski definition) is 15. The Morgan fingerprint density at radius 2 is 1.28 bits per heavy atom. The topological polar surface area (TPSA) is 261 Å². The molecular weight excluding hydrogens is 883 g/mol. The van der Waals surface area contributed by atoms with Crippen molar-refractivity contribution in [1.29, 1.82) is 0 Å². The van der Waals surface area contributed by atoms with E-state index in [2.05, 4.69) is 37.1 Å². The SMILES string of the molecule is COC(=O)[C@H](CCSC)NC(=O)C1CC([C@@H](NC(=O)[C@H](Cc2ccc(O)cc2)NC(=O)[C@H](CCCCNC(=O)OC(C)(C)C)NC(=O)[C@H](CCSC)NC(=O)OC(C)(C)C)C(C)C)=NO1. The summed E-state index contributed by atoms with van der Waals surface area (Å²) in [5.74, 6) is -2.28. The molecule has 7 N–H and O–H groups in total. The van der Waals surface area contributed by atoms with Gasteiger partial charge in [0.05, 0.1) is 18.9 Å². The summed E-state index contributed by atoms with van der Waals surface area (Å²) in [6, 6.07) is 0.982. The molecule has 1 unspecified atom stereocenters. The van der Waals surface area contributed by atoms with Crippen LogP contribution in [0.1, 0.15) is 99.5 Å². The molecule has 1 aliphatic rings. The number of phenolic OH excluding ortho intramolecular Hbond substituents is 1. The van der Waals surface area contributed by atoms with Crippen molar-refractivity contribution >= 4 is 71.0 Å². The van der Waals surface area contributed by atoms with Gasteiger partial charge in [0.15, 0.2) is 0 Å². The van der Waals surface area contributed by atoms with E-state index in [1.807, 2.05) is 26.4 Å². The first-order valence-electron chi connectivity index (χ1n) is 21.7. The van der Waals surface area contributed by atoms with E-state index in [4.69, 9.17) is 19.0 Å². The second kappa shape index (κ2) is 27.5. The van der Waals surface area contributed by atoms with Crippen LogP contribution in [0.2, 0.25) is 0 Å². The maximum absolute atomic E-state index is 14.4. The maximum atomic E-state index is 14.4. The predicted octanol–water partition coefficient (Wildman–Crippen LogP) is 3.94. The van der Waals surface area contributed by atoms with E-state index in [9.17, 15) is 38.7 Å². The maximum Gasteiger partial charge on any atom is 0.408 e. The fourth-order valence-electron chi connectivity index (χ4n) is 6.32. The molecule has 0 radical (unpaired) electrons. The standard InChI is InChI=1S/C44H71N7O12S2/c1-26(2)35(32-25-34(63-51-32)39(56)47-31(20-23-65-11)40(57)60-9)50-38(55)33(24-27-15-17-28(52)18-16-27)48-36(53)29(14-12-13-21-45-41(58)61-43(3,4)5)46-37(54)30(19-22-64-10)49-42(59)62-44(6,7)8/h15-18,26,29-31,33-35,52H,12-14,19-25H2,1-11H3,(H,45,58)(H,46,54)(H,47,56)(H,48,53)(H,49,59)(H,50,55)/t29-,30-,31-,33-,34?,35-/m0/s1. The molecule has 21 heteroatoms. The number of carbonyl (C=O) groups is 7. The molecule has 65 heavy (non-hydrogen) atoms. The number of phenols is 1. The van der Waals surface area contributed by atoms with Crippen molar-refractivity contribution in [2.75, 3.05) is 37.7 Å². The van der Waals surface area contributed by atoms with Crippen LogP contribution in [0.15, 0.2) is 29.4 Å². The Morgan fingerprint density at radius 3 is 1.83 bits per heavy atom. The van der Waals surface area contributed by atoms with Crippen LogP contribution in [-0.2, 0) is 49.4 Å². The third-order valence-corrected chi connectivity index (χ3v) is 10.9. The van der Waals surface area contributed by atoms with Crippen LogP contribution in [0.25, 0.3) is 0 Å². The zero-order chi connectivity index (χ0) is 48.9. The average molecular weight is 954 g/mol. The smallest absolute Gasteiger partial charge is 0.408 e. The summed E-state index contributed by atoms with van der Waals surface area (Å²) in [5.41, 5.74) is -0.576. The van der Waals surface area contributed by atoms with E-state index in [1.165, 1.54) is 42.8 Å². The van der Waals surface area contributed by atoms with Gasteiger partial charge in [0, 0.05) is 19.4 Å². The third-order valence-electron chi connectivity index (χ3n) is 9.57. The summed E-state index contributed by atoms with van der Waals surface area (Å²) >= 11 is 2.98. The summed E-state index contributed by atoms with van der Waals surface area (Å²) in [7, 11) is 1.24. The van der Waals surface area contributed by atoms with Crippen molar-refractivity contribution in [3.63, 3.8) is 0 Å². The van der Waals surface area contributed by atoms with Crippen molar-refractivity contribution in [2.45, 2.75) is 148 Å². The number of oxime groups is 1. The number of benzene rings is 1. The molecule has 1 heterocycles. The molecule has 2 rings (SSSR count). The normalized spacial score (nSPS) is 16.0. The average Bonchev–Trinajstić information content (AvgIpc) is 3.71. The van der Waals surface area contributed by atoms with Gasteiger partial charge in [-0.15, -0.1) is 0 Å². The Balaban J connectivity index is 2.39. The summed E-state index contributed by atoms with van der Waals surface area (Å²) in [6.45, 7) is 14.2. The minimum Gasteiger partial charge on any atom is -0.508 e. The van der Waals surface area contributed by atoms with Crippen LogP contribution < -0.4 is 31.9 Å². The van der Waals surface area contributed by atoms with E-state index >= 15 is 0 Å². The molecule has 0 fully saturated rings. The highest BCUT2D eigenvalue weighted by Gasteiger charge is 2.38. The van der Waals surface area contributed by atoms with Crippen molar-refractivity contribution in [3.8, 4) is 5.75 Å². The van der Waals surface area contributed by atoms with Crippen LogP contribution in [0, 0.1) is 5.92 Å². The molecule has 0 saturated heterocycles. The molecule has 366 valence electrons. The fraction of sp³-hybridized carbons (Fsp3) is 0.682. The Hall–Kier alpha value is -4.92. The molecule has 0 spiro atoms. The van der Waals surface area contributed by atoms with Crippen LogP contribution >= 0.6 is 23.5 Å². The number of esters is 1. The van der Waals surface area contributed by atoms with Crippen LogP contribution in [0.5, 0.6) is 5.75 Å². The van der Waals surface area contributed by atoms with Gasteiger partial charge in [-0.1, -0.05) is 31.1 Å². The molecule has 6 atom stereocenters. The van der Waals surface area contributed by atoms with Crippen LogP contribution in [-0.4, -0.2) is 138 Å². The predicted molar refractivity (Wildman–Crippen MR) is 251 cm³/mol. The molecule has 0 bridgehead atoms. The first kappa shape index (κ1) is 56.2. The van der Waals surface area contributed by atoms with E-state index in [1.54, 1.807) is 53.7 Å². The lowest BCUT2D eigenvalue weighted by molar-refractivity contribution is -0.146. The van der Waals surface area contributed by atoms with Crippen molar-refractivity contribution in [1.82, 2.24) is 31.9 Å². The Morgan fingerprint density at radius 1 is 0.738 bits per heavy atom. The minimum absolute atomic E-state index is 0.00129. The van der Waals surface area contributed by atoms with Crippen molar-refractivity contribution < 1.29 is 57.7 Å². The number of rotatable bonds is 25. The number of carbonyl (C=O) groups excluding carboxylic acids is 7. The van der Waals surface area contributed by atoms with Crippen LogP contribution in [0.3, 0.4) is 0 Å². The number of amides is 6. The first-order valence-corrected chi connectivity index (χ1v) is 24.5. The lowest BCUT2D eigenvalue weighted by Gasteiger charge is -2.28. The van der Waals surface area contributed by atoms with Crippen molar-refractivity contribution in [2.24, 2.45) is 11.1 Å². The number of aromatic hydroxyl groups is 1. The van der Waals surface area contributed by atoms with Gasteiger partial charge in [-0.2, -0.15) is 23.5 Å². The van der Waals surface area contributed by atoms with Gasteiger partial charge in [0.25, 0.3) is 5.91 Å². The molecule has 0 aliphatic carbocycles. The van der Waals surface area contributed by atoms with Crippen LogP contribution in [0.4, 0.5) is 9.59 Å². The number of methoxy groups -OCH3 is 1. The molecule has 6 amide bonds. The lowest BCUT2D eigenvalue weighted by Crippen LogP contribution is -2.58. The molecule has 1 aromatic carbocycles. The van der Waals surface area contributed by atoms with Gasteiger partial charge in [-0.25, -0.2) is 14.4 Å².